The van der Waals surface area contributed by atoms with E-state index in [0.29, 0.717) is 5.82 Å². The van der Waals surface area contributed by atoms with Gasteiger partial charge in [-0.2, -0.15) is 0 Å². The fourth-order valence-corrected chi connectivity index (χ4v) is 1.13. The Morgan fingerprint density at radius 3 is 2.71 bits per heavy atom. The van der Waals surface area contributed by atoms with Gasteiger partial charge >= 0.3 is 0 Å². The average Bonchev–Trinajstić information content (AvgIpc) is 2.08. The summed E-state index contributed by atoms with van der Waals surface area (Å²) in [4.78, 5) is 7.92. The average molecular weight is 260 g/mol. The maximum atomic E-state index is 9.51. The summed E-state index contributed by atoms with van der Waals surface area (Å²) in [6.07, 6.45) is 2.66. The number of hydrogen-bond donors (Lipinski definition) is 2. The highest BCUT2D eigenvalue weighted by Gasteiger charge is 2.24. The molecule has 0 saturated heterocycles. The molecule has 0 amide bonds. The van der Waals surface area contributed by atoms with E-state index < -0.39 is 11.6 Å². The molecule has 0 aliphatic carbocycles. The molecule has 1 unspecified atom stereocenters. The molecule has 14 heavy (non-hydrogen) atoms. The van der Waals surface area contributed by atoms with E-state index in [1.54, 1.807) is 13.1 Å². The zero-order valence-corrected chi connectivity index (χ0v) is 10.0. The van der Waals surface area contributed by atoms with E-state index in [9.17, 15) is 5.11 Å². The van der Waals surface area contributed by atoms with Gasteiger partial charge in [0.25, 0.3) is 0 Å². The number of aromatic nitrogens is 2. The van der Waals surface area contributed by atoms with Crippen LogP contribution in [-0.2, 0) is 0 Å². The SMILES string of the molecule is CC(O)C(C)(C)Nc1ncncc1Br. The number of aliphatic hydroxyl groups is 1. The molecule has 0 aromatic carbocycles. The van der Waals surface area contributed by atoms with Crippen molar-refractivity contribution >= 4 is 21.7 Å². The highest BCUT2D eigenvalue weighted by Crippen LogP contribution is 2.22. The third kappa shape index (κ3) is 2.65. The fraction of sp³-hybridized carbons (Fsp3) is 0.556. The van der Waals surface area contributed by atoms with Crippen LogP contribution >= 0.6 is 15.9 Å². The Balaban J connectivity index is 2.84. The van der Waals surface area contributed by atoms with Gasteiger partial charge in [0.2, 0.25) is 0 Å². The van der Waals surface area contributed by atoms with Crippen LogP contribution < -0.4 is 5.32 Å². The van der Waals surface area contributed by atoms with E-state index in [1.807, 2.05) is 13.8 Å². The van der Waals surface area contributed by atoms with Crippen LogP contribution in [0.4, 0.5) is 5.82 Å². The minimum atomic E-state index is -0.468. The summed E-state index contributed by atoms with van der Waals surface area (Å²) in [5, 5.41) is 12.6. The van der Waals surface area contributed by atoms with Gasteiger partial charge in [-0.1, -0.05) is 0 Å². The molecule has 5 heteroatoms. The molecule has 0 aliphatic heterocycles. The molecule has 0 bridgehead atoms. The predicted octanol–water partition coefficient (Wildman–Crippen LogP) is 1.81. The van der Waals surface area contributed by atoms with Crippen LogP contribution in [0.15, 0.2) is 17.0 Å². The molecule has 1 atom stereocenters. The summed E-state index contributed by atoms with van der Waals surface area (Å²) < 4.78 is 0.786. The molecule has 2 N–H and O–H groups in total. The number of aliphatic hydroxyl groups excluding tert-OH is 1. The molecule has 0 aliphatic rings. The monoisotopic (exact) mass is 259 g/mol. The number of halogens is 1. The maximum Gasteiger partial charge on any atom is 0.144 e. The first-order valence-corrected chi connectivity index (χ1v) is 5.14. The van der Waals surface area contributed by atoms with E-state index in [-0.39, 0.29) is 0 Å². The van der Waals surface area contributed by atoms with Gasteiger partial charge in [0.1, 0.15) is 12.1 Å². The molecule has 1 rings (SSSR count). The van der Waals surface area contributed by atoms with Crippen LogP contribution in [0.2, 0.25) is 0 Å². The fourth-order valence-electron chi connectivity index (χ4n) is 0.814. The molecule has 0 saturated carbocycles. The van der Waals surface area contributed by atoms with Crippen LogP contribution in [0.1, 0.15) is 20.8 Å². The van der Waals surface area contributed by atoms with E-state index in [4.69, 9.17) is 0 Å². The van der Waals surface area contributed by atoms with Gasteiger partial charge in [0.15, 0.2) is 0 Å². The highest BCUT2D eigenvalue weighted by atomic mass is 79.9. The Hall–Kier alpha value is -0.680. The lowest BCUT2D eigenvalue weighted by Gasteiger charge is -2.30. The van der Waals surface area contributed by atoms with E-state index in [2.05, 4.69) is 31.2 Å². The molecule has 4 nitrogen and oxygen atoms in total. The lowest BCUT2D eigenvalue weighted by Crippen LogP contribution is -2.42. The number of nitrogens with zero attached hydrogens (tertiary/aromatic N) is 2. The van der Waals surface area contributed by atoms with E-state index in [1.165, 1.54) is 6.33 Å². The van der Waals surface area contributed by atoms with Crippen molar-refractivity contribution in [3.8, 4) is 0 Å². The van der Waals surface area contributed by atoms with Gasteiger partial charge in [-0.3, -0.25) is 0 Å². The van der Waals surface area contributed by atoms with Crippen molar-refractivity contribution in [2.75, 3.05) is 5.32 Å². The molecular formula is C9H14BrN3O. The smallest absolute Gasteiger partial charge is 0.144 e. The Labute approximate surface area is 91.9 Å². The van der Waals surface area contributed by atoms with Gasteiger partial charge in [0.05, 0.1) is 16.1 Å². The van der Waals surface area contributed by atoms with Gasteiger partial charge < -0.3 is 10.4 Å². The van der Waals surface area contributed by atoms with Crippen LogP contribution in [0.3, 0.4) is 0 Å². The first kappa shape index (κ1) is 11.4. The lowest BCUT2D eigenvalue weighted by atomic mass is 9.99. The largest absolute Gasteiger partial charge is 0.391 e. The molecule has 0 radical (unpaired) electrons. The number of hydrogen-bond acceptors (Lipinski definition) is 4. The molecule has 1 heterocycles. The third-order valence-corrected chi connectivity index (χ3v) is 2.73. The quantitative estimate of drug-likeness (QED) is 0.870. The van der Waals surface area contributed by atoms with Crippen molar-refractivity contribution in [3.05, 3.63) is 17.0 Å². The minimum absolute atomic E-state index is 0.420. The summed E-state index contributed by atoms with van der Waals surface area (Å²) in [6.45, 7) is 5.56. The Morgan fingerprint density at radius 1 is 1.57 bits per heavy atom. The Morgan fingerprint density at radius 2 is 2.21 bits per heavy atom. The van der Waals surface area contributed by atoms with Crippen LogP contribution in [0.25, 0.3) is 0 Å². The first-order chi connectivity index (χ1) is 6.43. The minimum Gasteiger partial charge on any atom is -0.391 e. The third-order valence-electron chi connectivity index (χ3n) is 2.15. The molecular weight excluding hydrogens is 246 g/mol. The van der Waals surface area contributed by atoms with Gasteiger partial charge in [-0.05, 0) is 36.7 Å². The molecule has 1 aromatic heterocycles. The topological polar surface area (TPSA) is 58.0 Å². The van der Waals surface area contributed by atoms with Crippen molar-refractivity contribution in [3.63, 3.8) is 0 Å². The molecule has 1 aromatic rings. The Bertz CT molecular complexity index is 315. The Kier molecular flexibility index (Phi) is 3.44. The zero-order valence-electron chi connectivity index (χ0n) is 8.45. The van der Waals surface area contributed by atoms with Gasteiger partial charge in [-0.25, -0.2) is 9.97 Å². The second kappa shape index (κ2) is 4.23. The van der Waals surface area contributed by atoms with Crippen LogP contribution in [-0.4, -0.2) is 26.7 Å². The summed E-state index contributed by atoms with van der Waals surface area (Å²) in [5.74, 6) is 0.686. The van der Waals surface area contributed by atoms with Crippen molar-refractivity contribution in [2.24, 2.45) is 0 Å². The van der Waals surface area contributed by atoms with Crippen LogP contribution in [0.5, 0.6) is 0 Å². The van der Waals surface area contributed by atoms with Crippen molar-refractivity contribution in [1.82, 2.24) is 9.97 Å². The number of nitrogens with one attached hydrogen (secondary N) is 1. The number of anilines is 1. The zero-order chi connectivity index (χ0) is 10.8. The molecule has 0 spiro atoms. The lowest BCUT2D eigenvalue weighted by molar-refractivity contribution is 0.133. The molecule has 0 fully saturated rings. The summed E-state index contributed by atoms with van der Waals surface area (Å²) in [6, 6.07) is 0. The second-order valence-electron chi connectivity index (χ2n) is 3.74. The van der Waals surface area contributed by atoms with Crippen molar-refractivity contribution in [1.29, 1.82) is 0 Å². The first-order valence-electron chi connectivity index (χ1n) is 4.35. The summed E-state index contributed by atoms with van der Waals surface area (Å²) in [5.41, 5.74) is -0.420. The maximum absolute atomic E-state index is 9.51. The van der Waals surface area contributed by atoms with E-state index in [0.717, 1.165) is 4.47 Å². The molecule has 78 valence electrons. The predicted molar refractivity (Wildman–Crippen MR) is 59.1 cm³/mol. The normalized spacial score (nSPS) is 13.8. The highest BCUT2D eigenvalue weighted by molar-refractivity contribution is 9.10. The summed E-state index contributed by atoms with van der Waals surface area (Å²) >= 11 is 3.33. The van der Waals surface area contributed by atoms with E-state index >= 15 is 0 Å². The van der Waals surface area contributed by atoms with Gasteiger partial charge in [0, 0.05) is 6.20 Å². The van der Waals surface area contributed by atoms with Gasteiger partial charge in [-0.15, -0.1) is 0 Å². The van der Waals surface area contributed by atoms with Crippen molar-refractivity contribution in [2.45, 2.75) is 32.4 Å². The van der Waals surface area contributed by atoms with Crippen molar-refractivity contribution < 1.29 is 5.11 Å². The standard InChI is InChI=1S/C9H14BrN3O/c1-6(14)9(2,3)13-8-7(10)4-11-5-12-8/h4-6,14H,1-3H3,(H,11,12,13). The summed E-state index contributed by atoms with van der Waals surface area (Å²) in [7, 11) is 0. The number of rotatable bonds is 3. The van der Waals surface area contributed by atoms with Crippen LogP contribution in [0, 0.1) is 0 Å². The second-order valence-corrected chi connectivity index (χ2v) is 4.60.